The lowest BCUT2D eigenvalue weighted by molar-refractivity contribution is 0.0459. The highest BCUT2D eigenvalue weighted by Gasteiger charge is 2.21. The van der Waals surface area contributed by atoms with Crippen LogP contribution in [0.25, 0.3) is 0 Å². The van der Waals surface area contributed by atoms with E-state index in [1.807, 2.05) is 19.0 Å². The van der Waals surface area contributed by atoms with E-state index >= 15 is 0 Å². The average Bonchev–Trinajstić information content (AvgIpc) is 2.17. The van der Waals surface area contributed by atoms with Gasteiger partial charge in [-0.1, -0.05) is 0 Å². The fourth-order valence-electron chi connectivity index (χ4n) is 1.52. The predicted molar refractivity (Wildman–Crippen MR) is 69.1 cm³/mol. The number of nitrogen functional groups attached to an aromatic ring is 1. The molecule has 0 aliphatic rings. The monoisotopic (exact) mass is 259 g/mol. The summed E-state index contributed by atoms with van der Waals surface area (Å²) in [6.45, 7) is 2.58. The van der Waals surface area contributed by atoms with Crippen molar-refractivity contribution in [1.29, 1.82) is 0 Å². The highest BCUT2D eigenvalue weighted by Crippen LogP contribution is 2.17. The molecule has 0 saturated carbocycles. The smallest absolute Gasteiger partial charge is 0.224 e. The van der Waals surface area contributed by atoms with Crippen LogP contribution in [0, 0.1) is 0 Å². The molecular formula is C10H18ClN5O. The number of aliphatic hydroxyl groups is 1. The molecule has 0 fully saturated rings. The second kappa shape index (κ2) is 5.48. The summed E-state index contributed by atoms with van der Waals surface area (Å²) in [5, 5.41) is 13.2. The normalized spacial score (nSPS) is 14.7. The maximum Gasteiger partial charge on any atom is 0.224 e. The third kappa shape index (κ3) is 4.72. The number of rotatable bonds is 5. The summed E-state index contributed by atoms with van der Waals surface area (Å²) < 4.78 is 0. The van der Waals surface area contributed by atoms with Crippen molar-refractivity contribution >= 4 is 23.1 Å². The Labute approximate surface area is 106 Å². The lowest BCUT2D eigenvalue weighted by atomic mass is 10.1. The molecule has 0 saturated heterocycles. The Morgan fingerprint density at radius 2 is 2.24 bits per heavy atom. The Morgan fingerprint density at radius 3 is 2.82 bits per heavy atom. The molecule has 1 aromatic rings. The van der Waals surface area contributed by atoms with Crippen LogP contribution in [-0.4, -0.2) is 52.8 Å². The second-order valence-electron chi connectivity index (χ2n) is 4.53. The summed E-state index contributed by atoms with van der Waals surface area (Å²) in [5.74, 6) is 0.434. The van der Waals surface area contributed by atoms with Crippen LogP contribution < -0.4 is 11.1 Å². The van der Waals surface area contributed by atoms with Crippen LogP contribution >= 0.6 is 11.6 Å². The van der Waals surface area contributed by atoms with Crippen molar-refractivity contribution in [2.45, 2.75) is 12.5 Å². The molecule has 96 valence electrons. The first-order chi connectivity index (χ1) is 7.80. The number of halogens is 1. The van der Waals surface area contributed by atoms with Gasteiger partial charge in [-0.3, -0.25) is 0 Å². The zero-order valence-electron chi connectivity index (χ0n) is 10.2. The zero-order valence-corrected chi connectivity index (χ0v) is 11.0. The van der Waals surface area contributed by atoms with Gasteiger partial charge in [0.2, 0.25) is 5.28 Å². The molecule has 0 bridgehead atoms. The third-order valence-electron chi connectivity index (χ3n) is 2.08. The van der Waals surface area contributed by atoms with E-state index in [1.54, 1.807) is 6.92 Å². The predicted octanol–water partition coefficient (Wildman–Crippen LogP) is 0.437. The lowest BCUT2D eigenvalue weighted by Crippen LogP contribution is -2.43. The summed E-state index contributed by atoms with van der Waals surface area (Å²) in [4.78, 5) is 9.60. The van der Waals surface area contributed by atoms with Crippen molar-refractivity contribution in [2.24, 2.45) is 0 Å². The molecule has 0 spiro atoms. The van der Waals surface area contributed by atoms with Crippen LogP contribution in [-0.2, 0) is 0 Å². The summed E-state index contributed by atoms with van der Waals surface area (Å²) in [7, 11) is 3.79. The van der Waals surface area contributed by atoms with Crippen molar-refractivity contribution in [1.82, 2.24) is 14.9 Å². The first kappa shape index (κ1) is 14.0. The molecule has 1 aromatic heterocycles. The molecule has 7 heteroatoms. The van der Waals surface area contributed by atoms with Crippen LogP contribution in [0.3, 0.4) is 0 Å². The number of aromatic nitrogens is 2. The highest BCUT2D eigenvalue weighted by molar-refractivity contribution is 6.28. The Morgan fingerprint density at radius 1 is 1.59 bits per heavy atom. The van der Waals surface area contributed by atoms with Crippen LogP contribution in [0.2, 0.25) is 5.28 Å². The molecule has 0 amide bonds. The first-order valence-electron chi connectivity index (χ1n) is 5.19. The van der Waals surface area contributed by atoms with Gasteiger partial charge in [0.25, 0.3) is 0 Å². The van der Waals surface area contributed by atoms with Gasteiger partial charge in [0.1, 0.15) is 0 Å². The fourth-order valence-corrected chi connectivity index (χ4v) is 1.66. The van der Waals surface area contributed by atoms with E-state index < -0.39 is 5.60 Å². The molecule has 1 rings (SSSR count). The van der Waals surface area contributed by atoms with E-state index in [-0.39, 0.29) is 5.28 Å². The second-order valence-corrected chi connectivity index (χ2v) is 4.87. The van der Waals surface area contributed by atoms with Gasteiger partial charge >= 0.3 is 0 Å². The summed E-state index contributed by atoms with van der Waals surface area (Å²) in [6.07, 6.45) is 1.43. The van der Waals surface area contributed by atoms with Crippen molar-refractivity contribution in [3.63, 3.8) is 0 Å². The Hall–Kier alpha value is -1.11. The third-order valence-corrected chi connectivity index (χ3v) is 2.26. The van der Waals surface area contributed by atoms with Crippen LogP contribution in [0.5, 0.6) is 0 Å². The van der Waals surface area contributed by atoms with Gasteiger partial charge in [0.15, 0.2) is 5.82 Å². The number of nitrogens with two attached hydrogens (primary N) is 1. The highest BCUT2D eigenvalue weighted by atomic mass is 35.5. The Kier molecular flexibility index (Phi) is 4.50. The fraction of sp³-hybridized carbons (Fsp3) is 0.600. The van der Waals surface area contributed by atoms with Gasteiger partial charge in [-0.05, 0) is 32.6 Å². The number of nitrogens with zero attached hydrogens (tertiary/aromatic N) is 3. The summed E-state index contributed by atoms with van der Waals surface area (Å²) in [5.41, 5.74) is 5.20. The number of nitrogens with one attached hydrogen (secondary N) is 1. The van der Waals surface area contributed by atoms with Crippen LogP contribution in [0.1, 0.15) is 6.92 Å². The molecule has 17 heavy (non-hydrogen) atoms. The molecule has 4 N–H and O–H groups in total. The molecule has 6 nitrogen and oxygen atoms in total. The van der Waals surface area contributed by atoms with Crippen molar-refractivity contribution in [3.8, 4) is 0 Å². The Balaban J connectivity index is 2.63. The maximum atomic E-state index is 10.1. The lowest BCUT2D eigenvalue weighted by Gasteiger charge is -2.27. The van der Waals surface area contributed by atoms with Gasteiger partial charge in [-0.15, -0.1) is 0 Å². The van der Waals surface area contributed by atoms with E-state index in [0.717, 1.165) is 0 Å². The first-order valence-corrected chi connectivity index (χ1v) is 5.57. The van der Waals surface area contributed by atoms with Crippen molar-refractivity contribution in [3.05, 3.63) is 11.5 Å². The quantitative estimate of drug-likeness (QED) is 0.665. The number of hydrogen-bond donors (Lipinski definition) is 3. The minimum absolute atomic E-state index is 0.119. The zero-order chi connectivity index (χ0) is 13.1. The standard InChI is InChI=1S/C10H18ClN5O/c1-10(17,6-16(2)3)5-14-8-7(12)4-13-9(11)15-8/h4,17H,5-6,12H2,1-3H3,(H,13,14,15). The summed E-state index contributed by atoms with van der Waals surface area (Å²) in [6, 6.07) is 0. The van der Waals surface area contributed by atoms with Gasteiger partial charge in [-0.25, -0.2) is 4.98 Å². The number of likely N-dealkylation sites (N-methyl/N-ethyl adjacent to an activating group) is 1. The SMILES string of the molecule is CN(C)CC(C)(O)CNc1nc(Cl)ncc1N. The summed E-state index contributed by atoms with van der Waals surface area (Å²) >= 11 is 5.66. The van der Waals surface area contributed by atoms with Gasteiger partial charge in [0, 0.05) is 13.1 Å². The number of hydrogen-bond acceptors (Lipinski definition) is 6. The number of anilines is 2. The molecule has 1 atom stereocenters. The topological polar surface area (TPSA) is 87.3 Å². The molecule has 0 aromatic carbocycles. The van der Waals surface area contributed by atoms with Gasteiger partial charge < -0.3 is 21.1 Å². The largest absolute Gasteiger partial charge is 0.394 e. The van der Waals surface area contributed by atoms with E-state index in [1.165, 1.54) is 6.20 Å². The van der Waals surface area contributed by atoms with Crippen LogP contribution in [0.4, 0.5) is 11.5 Å². The Bertz CT molecular complexity index is 383. The van der Waals surface area contributed by atoms with Gasteiger partial charge in [0.05, 0.1) is 17.5 Å². The van der Waals surface area contributed by atoms with Crippen LogP contribution in [0.15, 0.2) is 6.20 Å². The van der Waals surface area contributed by atoms with E-state index in [0.29, 0.717) is 24.6 Å². The molecule has 1 unspecified atom stereocenters. The van der Waals surface area contributed by atoms with E-state index in [9.17, 15) is 5.11 Å². The maximum absolute atomic E-state index is 10.1. The minimum Gasteiger partial charge on any atom is -0.394 e. The molecular weight excluding hydrogens is 242 g/mol. The average molecular weight is 260 g/mol. The molecule has 0 aliphatic carbocycles. The van der Waals surface area contributed by atoms with E-state index in [4.69, 9.17) is 17.3 Å². The van der Waals surface area contributed by atoms with Gasteiger partial charge in [-0.2, -0.15) is 4.98 Å². The molecule has 0 radical (unpaired) electrons. The van der Waals surface area contributed by atoms with Crippen molar-refractivity contribution in [2.75, 3.05) is 38.2 Å². The van der Waals surface area contributed by atoms with E-state index in [2.05, 4.69) is 15.3 Å². The van der Waals surface area contributed by atoms with Crippen molar-refractivity contribution < 1.29 is 5.11 Å². The molecule has 1 heterocycles. The minimum atomic E-state index is -0.882. The molecule has 0 aliphatic heterocycles.